The molecule has 0 aliphatic rings. The van der Waals surface area contributed by atoms with Gasteiger partial charge in [-0.2, -0.15) is 0 Å². The summed E-state index contributed by atoms with van der Waals surface area (Å²) in [5.74, 6) is 1.85. The monoisotopic (exact) mass is 636 g/mol. The Balaban J connectivity index is 1.49. The second-order valence-electron chi connectivity index (χ2n) is 12.6. The molecule has 0 amide bonds. The lowest BCUT2D eigenvalue weighted by Crippen LogP contribution is -1.98. The van der Waals surface area contributed by atoms with Crippen LogP contribution in [-0.2, 0) is 0 Å². The second-order valence-corrected chi connectivity index (χ2v) is 12.6. The van der Waals surface area contributed by atoms with Gasteiger partial charge in [-0.15, -0.1) is 0 Å². The number of aliphatic imine (C=N–C) groups is 2. The molecule has 0 spiro atoms. The molecule has 0 aliphatic carbocycles. The number of hydrogen-bond donors (Lipinski definition) is 2. The highest BCUT2D eigenvalue weighted by molar-refractivity contribution is 5.84. The molecule has 2 N–H and O–H groups in total. The van der Waals surface area contributed by atoms with Crippen LogP contribution in [0.3, 0.4) is 0 Å². The molecular weight excluding hydrogens is 572 g/mol. The molecule has 258 valence electrons. The van der Waals surface area contributed by atoms with Crippen molar-refractivity contribution in [3.05, 3.63) is 47.5 Å². The van der Waals surface area contributed by atoms with Crippen LogP contribution in [0.4, 0.5) is 0 Å². The minimum absolute atomic E-state index is 0.210. The number of unbranched alkanes of at least 4 members (excludes halogenated alkanes) is 17. The van der Waals surface area contributed by atoms with Crippen molar-refractivity contribution in [3.63, 3.8) is 0 Å². The van der Waals surface area contributed by atoms with Crippen LogP contribution in [0.5, 0.6) is 23.0 Å². The van der Waals surface area contributed by atoms with E-state index in [0.29, 0.717) is 24.7 Å². The maximum atomic E-state index is 10.4. The number of rotatable bonds is 29. The van der Waals surface area contributed by atoms with Crippen molar-refractivity contribution >= 4 is 12.4 Å². The number of hydrogen-bond acceptors (Lipinski definition) is 6. The van der Waals surface area contributed by atoms with Gasteiger partial charge in [-0.25, -0.2) is 0 Å². The lowest BCUT2D eigenvalue weighted by molar-refractivity contribution is 0.302. The molecule has 6 nitrogen and oxygen atoms in total. The molecule has 0 fully saturated rings. The minimum atomic E-state index is 0.210. The quantitative estimate of drug-likeness (QED) is 0.0687. The van der Waals surface area contributed by atoms with E-state index in [1.807, 2.05) is 24.3 Å². The van der Waals surface area contributed by atoms with Gasteiger partial charge in [-0.3, -0.25) is 9.98 Å². The minimum Gasteiger partial charge on any atom is -0.507 e. The maximum Gasteiger partial charge on any atom is 0.128 e. The van der Waals surface area contributed by atoms with Crippen molar-refractivity contribution in [2.45, 2.75) is 142 Å². The van der Waals surface area contributed by atoms with Crippen LogP contribution < -0.4 is 9.47 Å². The van der Waals surface area contributed by atoms with Crippen molar-refractivity contribution in [2.24, 2.45) is 9.98 Å². The van der Waals surface area contributed by atoms with Crippen LogP contribution >= 0.6 is 0 Å². The molecule has 2 aromatic carbocycles. The van der Waals surface area contributed by atoms with E-state index < -0.39 is 0 Å². The topological polar surface area (TPSA) is 83.6 Å². The number of ether oxygens (including phenoxy) is 2. The first-order chi connectivity index (χ1) is 22.6. The third-order valence-electron chi connectivity index (χ3n) is 8.32. The number of benzene rings is 2. The molecule has 0 heterocycles. The molecule has 0 unspecified atom stereocenters. The molecule has 0 atom stereocenters. The van der Waals surface area contributed by atoms with Gasteiger partial charge in [0.1, 0.15) is 23.0 Å². The third kappa shape index (κ3) is 19.5. The molecule has 0 aromatic heterocycles. The Kier molecular flexibility index (Phi) is 23.1. The molecule has 0 saturated carbocycles. The van der Waals surface area contributed by atoms with Crippen LogP contribution in [0.1, 0.15) is 153 Å². The van der Waals surface area contributed by atoms with Crippen molar-refractivity contribution in [3.8, 4) is 23.0 Å². The van der Waals surface area contributed by atoms with E-state index in [1.165, 1.54) is 89.9 Å². The van der Waals surface area contributed by atoms with Crippen molar-refractivity contribution < 1.29 is 19.7 Å². The fraction of sp³-hybridized carbons (Fsp3) is 0.650. The summed E-state index contributed by atoms with van der Waals surface area (Å²) < 4.78 is 11.6. The molecule has 2 aromatic rings. The summed E-state index contributed by atoms with van der Waals surface area (Å²) >= 11 is 0. The van der Waals surface area contributed by atoms with Crippen LogP contribution in [0, 0.1) is 0 Å². The van der Waals surface area contributed by atoms with Crippen molar-refractivity contribution in [1.82, 2.24) is 0 Å². The van der Waals surface area contributed by atoms with Gasteiger partial charge in [-0.05, 0) is 49.9 Å². The number of phenolic OH excluding ortho intramolecular Hbond substituents is 2. The van der Waals surface area contributed by atoms with Crippen LogP contribution in [0.15, 0.2) is 46.4 Å². The summed E-state index contributed by atoms with van der Waals surface area (Å²) in [6.45, 7) is 7.36. The molecular formula is C40H64N2O4. The largest absolute Gasteiger partial charge is 0.507 e. The van der Waals surface area contributed by atoms with Gasteiger partial charge in [0.15, 0.2) is 0 Å². The van der Waals surface area contributed by atoms with Gasteiger partial charge >= 0.3 is 0 Å². The summed E-state index contributed by atoms with van der Waals surface area (Å²) in [5, 5.41) is 20.7. The van der Waals surface area contributed by atoms with E-state index in [-0.39, 0.29) is 11.5 Å². The van der Waals surface area contributed by atoms with E-state index in [1.54, 1.807) is 24.6 Å². The normalized spacial score (nSPS) is 11.6. The lowest BCUT2D eigenvalue weighted by Gasteiger charge is -2.08. The Morgan fingerprint density at radius 1 is 0.478 bits per heavy atom. The summed E-state index contributed by atoms with van der Waals surface area (Å²) in [6.07, 6.45) is 28.1. The molecule has 0 radical (unpaired) electrons. The summed E-state index contributed by atoms with van der Waals surface area (Å²) in [7, 11) is 0. The van der Waals surface area contributed by atoms with E-state index in [2.05, 4.69) is 23.8 Å². The Hall–Kier alpha value is -3.02. The molecule has 2 rings (SSSR count). The number of nitrogens with zero attached hydrogens (tertiary/aromatic N) is 2. The molecule has 0 saturated heterocycles. The average molecular weight is 637 g/mol. The maximum absolute atomic E-state index is 10.4. The zero-order valence-corrected chi connectivity index (χ0v) is 29.2. The summed E-state index contributed by atoms with van der Waals surface area (Å²) in [5.41, 5.74) is 1.44. The average Bonchev–Trinajstić information content (AvgIpc) is 3.05. The summed E-state index contributed by atoms with van der Waals surface area (Å²) in [4.78, 5) is 8.99. The standard InChI is InChI=1S/C40H64N2O4/c1-3-5-7-9-11-13-17-21-29-45-37-25-23-35(39(43)31-37)33-41-27-19-15-16-20-28-42-34-36-24-26-38(32-40(36)44)46-30-22-18-14-12-10-8-6-4-2/h23-26,31-34,43-44H,3-22,27-30H2,1-2H3. The molecule has 0 aliphatic heterocycles. The Bertz CT molecular complexity index is 999. The zero-order chi connectivity index (χ0) is 32.9. The highest BCUT2D eigenvalue weighted by Gasteiger charge is 2.03. The molecule has 6 heteroatoms. The highest BCUT2D eigenvalue weighted by Crippen LogP contribution is 2.24. The Morgan fingerprint density at radius 3 is 1.20 bits per heavy atom. The van der Waals surface area contributed by atoms with Gasteiger partial charge < -0.3 is 19.7 Å². The van der Waals surface area contributed by atoms with Gasteiger partial charge in [0.25, 0.3) is 0 Å². The van der Waals surface area contributed by atoms with Crippen LogP contribution in [-0.4, -0.2) is 48.9 Å². The molecule has 46 heavy (non-hydrogen) atoms. The first-order valence-electron chi connectivity index (χ1n) is 18.5. The van der Waals surface area contributed by atoms with Crippen LogP contribution in [0.2, 0.25) is 0 Å². The SMILES string of the molecule is CCCCCCCCCCOc1ccc(C=NCCCCCCN=Cc2ccc(OCCCCCCCCCC)cc2O)c(O)c1. The van der Waals surface area contributed by atoms with Gasteiger partial charge in [0.05, 0.1) is 13.2 Å². The predicted molar refractivity (Wildman–Crippen MR) is 196 cm³/mol. The number of aromatic hydroxyl groups is 2. The van der Waals surface area contributed by atoms with E-state index in [4.69, 9.17) is 9.47 Å². The fourth-order valence-corrected chi connectivity index (χ4v) is 5.38. The Morgan fingerprint density at radius 2 is 0.826 bits per heavy atom. The lowest BCUT2D eigenvalue weighted by atomic mass is 10.1. The third-order valence-corrected chi connectivity index (χ3v) is 8.32. The Labute approximate surface area is 280 Å². The predicted octanol–water partition coefficient (Wildman–Crippen LogP) is 11.2. The van der Waals surface area contributed by atoms with Crippen LogP contribution in [0.25, 0.3) is 0 Å². The van der Waals surface area contributed by atoms with Crippen molar-refractivity contribution in [1.29, 1.82) is 0 Å². The van der Waals surface area contributed by atoms with Gasteiger partial charge in [0.2, 0.25) is 0 Å². The molecule has 0 bridgehead atoms. The first-order valence-corrected chi connectivity index (χ1v) is 18.5. The van der Waals surface area contributed by atoms with Crippen molar-refractivity contribution in [2.75, 3.05) is 26.3 Å². The van der Waals surface area contributed by atoms with E-state index in [9.17, 15) is 10.2 Å². The van der Waals surface area contributed by atoms with E-state index in [0.717, 1.165) is 62.7 Å². The summed E-state index contributed by atoms with van der Waals surface area (Å²) in [6, 6.07) is 10.9. The fourth-order valence-electron chi connectivity index (χ4n) is 5.38. The second kappa shape index (κ2) is 27.1. The smallest absolute Gasteiger partial charge is 0.128 e. The highest BCUT2D eigenvalue weighted by atomic mass is 16.5. The first kappa shape index (κ1) is 39.2. The van der Waals surface area contributed by atoms with E-state index >= 15 is 0 Å². The zero-order valence-electron chi connectivity index (χ0n) is 29.2. The van der Waals surface area contributed by atoms with Gasteiger partial charge in [0, 0.05) is 48.8 Å². The number of phenols is 2. The van der Waals surface area contributed by atoms with Gasteiger partial charge in [-0.1, -0.05) is 117 Å².